The number of benzene rings is 1. The summed E-state index contributed by atoms with van der Waals surface area (Å²) in [5, 5.41) is 3.48. The lowest BCUT2D eigenvalue weighted by Gasteiger charge is -2.28. The molecule has 0 bridgehead atoms. The van der Waals surface area contributed by atoms with E-state index < -0.39 is 0 Å². The summed E-state index contributed by atoms with van der Waals surface area (Å²) in [6.07, 6.45) is 1.07. The van der Waals surface area contributed by atoms with Crippen molar-refractivity contribution in [2.24, 2.45) is 0 Å². The smallest absolute Gasteiger partial charge is 0.0632 e. The van der Waals surface area contributed by atoms with Gasteiger partial charge >= 0.3 is 0 Å². The Morgan fingerprint density at radius 2 is 2.28 bits per heavy atom. The molecule has 4 heteroatoms. The van der Waals surface area contributed by atoms with E-state index in [0.29, 0.717) is 6.04 Å². The molecule has 1 fully saturated rings. The van der Waals surface area contributed by atoms with Crippen molar-refractivity contribution in [1.29, 1.82) is 0 Å². The average molecular weight is 313 g/mol. The number of hydrogen-bond donors (Lipinski definition) is 1. The maximum atomic E-state index is 5.47. The van der Waals surface area contributed by atoms with Crippen LogP contribution in [0, 0.1) is 0 Å². The molecule has 1 N–H and O–H groups in total. The Balaban J connectivity index is 1.74. The third kappa shape index (κ3) is 4.35. The molecule has 0 radical (unpaired) electrons. The minimum atomic E-state index is 0.475. The van der Waals surface area contributed by atoms with Crippen molar-refractivity contribution < 1.29 is 4.74 Å². The summed E-state index contributed by atoms with van der Waals surface area (Å²) >= 11 is 3.59. The first-order valence-electron chi connectivity index (χ1n) is 6.49. The van der Waals surface area contributed by atoms with Crippen molar-refractivity contribution in [1.82, 2.24) is 10.2 Å². The van der Waals surface area contributed by atoms with Gasteiger partial charge in [-0.15, -0.1) is 0 Å². The summed E-state index contributed by atoms with van der Waals surface area (Å²) in [4.78, 5) is 2.37. The van der Waals surface area contributed by atoms with Crippen LogP contribution in [0.3, 0.4) is 0 Å². The zero-order chi connectivity index (χ0) is 12.8. The average Bonchev–Trinajstić information content (AvgIpc) is 2.39. The Morgan fingerprint density at radius 3 is 3.00 bits per heavy atom. The van der Waals surface area contributed by atoms with E-state index in [1.54, 1.807) is 0 Å². The lowest BCUT2D eigenvalue weighted by atomic mass is 10.1. The number of halogens is 1. The van der Waals surface area contributed by atoms with Crippen LogP contribution in [0.15, 0.2) is 28.7 Å². The standard InChI is InChI=1S/C14H21BrN2O/c1-17(10-13-11-18-9-7-16-13)8-6-12-4-2-3-5-14(12)15/h2-5,13,16H,6-11H2,1H3. The Bertz CT molecular complexity index is 367. The topological polar surface area (TPSA) is 24.5 Å². The molecule has 18 heavy (non-hydrogen) atoms. The molecule has 2 rings (SSSR count). The maximum Gasteiger partial charge on any atom is 0.0632 e. The molecule has 3 nitrogen and oxygen atoms in total. The molecule has 1 aliphatic rings. The monoisotopic (exact) mass is 312 g/mol. The van der Waals surface area contributed by atoms with Gasteiger partial charge in [0.05, 0.1) is 13.2 Å². The third-order valence-electron chi connectivity index (χ3n) is 3.25. The van der Waals surface area contributed by atoms with Crippen LogP contribution in [0.2, 0.25) is 0 Å². The predicted molar refractivity (Wildman–Crippen MR) is 78.0 cm³/mol. The number of likely N-dealkylation sites (N-methyl/N-ethyl adjacent to an activating group) is 1. The molecular formula is C14H21BrN2O. The molecule has 0 amide bonds. The van der Waals surface area contributed by atoms with Gasteiger partial charge in [-0.1, -0.05) is 34.1 Å². The lowest BCUT2D eigenvalue weighted by molar-refractivity contribution is 0.0655. The van der Waals surface area contributed by atoms with Gasteiger partial charge in [0.25, 0.3) is 0 Å². The molecule has 0 aromatic heterocycles. The predicted octanol–water partition coefficient (Wildman–Crippen LogP) is 1.91. The molecule has 1 heterocycles. The van der Waals surface area contributed by atoms with E-state index in [1.807, 2.05) is 0 Å². The van der Waals surface area contributed by atoms with Crippen LogP contribution >= 0.6 is 15.9 Å². The van der Waals surface area contributed by atoms with E-state index in [4.69, 9.17) is 4.74 Å². The van der Waals surface area contributed by atoms with Gasteiger partial charge in [0.1, 0.15) is 0 Å². The molecule has 0 spiro atoms. The molecule has 0 aliphatic carbocycles. The van der Waals surface area contributed by atoms with Gasteiger partial charge < -0.3 is 15.0 Å². The van der Waals surface area contributed by atoms with Crippen LogP contribution in [0.4, 0.5) is 0 Å². The van der Waals surface area contributed by atoms with Gasteiger partial charge in [-0.3, -0.25) is 0 Å². The fourth-order valence-electron chi connectivity index (χ4n) is 2.22. The van der Waals surface area contributed by atoms with Gasteiger partial charge in [0.15, 0.2) is 0 Å². The third-order valence-corrected chi connectivity index (χ3v) is 4.02. The summed E-state index contributed by atoms with van der Waals surface area (Å²) in [7, 11) is 2.17. The fraction of sp³-hybridized carbons (Fsp3) is 0.571. The van der Waals surface area contributed by atoms with Crippen LogP contribution in [-0.2, 0) is 11.2 Å². The second kappa shape index (κ2) is 7.24. The highest BCUT2D eigenvalue weighted by atomic mass is 79.9. The second-order valence-corrected chi connectivity index (χ2v) is 5.68. The number of hydrogen-bond acceptors (Lipinski definition) is 3. The minimum absolute atomic E-state index is 0.475. The van der Waals surface area contributed by atoms with E-state index in [0.717, 1.165) is 39.3 Å². The zero-order valence-electron chi connectivity index (χ0n) is 10.9. The normalized spacial score (nSPS) is 20.3. The van der Waals surface area contributed by atoms with Crippen molar-refractivity contribution in [3.05, 3.63) is 34.3 Å². The van der Waals surface area contributed by atoms with Crippen molar-refractivity contribution in [3.63, 3.8) is 0 Å². The van der Waals surface area contributed by atoms with Crippen LogP contribution in [0.25, 0.3) is 0 Å². The number of ether oxygens (including phenoxy) is 1. The van der Waals surface area contributed by atoms with Gasteiger partial charge in [-0.2, -0.15) is 0 Å². The maximum absolute atomic E-state index is 5.47. The number of rotatable bonds is 5. The molecule has 1 aliphatic heterocycles. The van der Waals surface area contributed by atoms with Crippen LogP contribution in [0.5, 0.6) is 0 Å². The van der Waals surface area contributed by atoms with Gasteiger partial charge in [-0.25, -0.2) is 0 Å². The van der Waals surface area contributed by atoms with E-state index in [1.165, 1.54) is 10.0 Å². The van der Waals surface area contributed by atoms with Gasteiger partial charge in [0, 0.05) is 30.1 Å². The first-order chi connectivity index (χ1) is 8.75. The van der Waals surface area contributed by atoms with Crippen LogP contribution < -0.4 is 5.32 Å². The van der Waals surface area contributed by atoms with Gasteiger partial charge in [0.2, 0.25) is 0 Å². The van der Waals surface area contributed by atoms with E-state index in [2.05, 4.69) is 57.5 Å². The highest BCUT2D eigenvalue weighted by molar-refractivity contribution is 9.10. The molecular weight excluding hydrogens is 292 g/mol. The summed E-state index contributed by atoms with van der Waals surface area (Å²) in [6.45, 7) is 4.77. The lowest BCUT2D eigenvalue weighted by Crippen LogP contribution is -2.47. The first kappa shape index (κ1) is 14.0. The van der Waals surface area contributed by atoms with Crippen molar-refractivity contribution >= 4 is 15.9 Å². The Hall–Kier alpha value is -0.420. The summed E-state index contributed by atoms with van der Waals surface area (Å²) in [5.41, 5.74) is 1.37. The van der Waals surface area contributed by atoms with Crippen molar-refractivity contribution in [3.8, 4) is 0 Å². The van der Waals surface area contributed by atoms with Crippen LogP contribution in [-0.4, -0.2) is 50.8 Å². The van der Waals surface area contributed by atoms with E-state index in [9.17, 15) is 0 Å². The van der Waals surface area contributed by atoms with E-state index in [-0.39, 0.29) is 0 Å². The fourth-order valence-corrected chi connectivity index (χ4v) is 2.70. The first-order valence-corrected chi connectivity index (χ1v) is 7.28. The van der Waals surface area contributed by atoms with E-state index >= 15 is 0 Å². The highest BCUT2D eigenvalue weighted by Gasteiger charge is 2.14. The summed E-state index contributed by atoms with van der Waals surface area (Å²) in [6, 6.07) is 8.91. The summed E-state index contributed by atoms with van der Waals surface area (Å²) in [5.74, 6) is 0. The van der Waals surface area contributed by atoms with Crippen molar-refractivity contribution in [2.45, 2.75) is 12.5 Å². The zero-order valence-corrected chi connectivity index (χ0v) is 12.4. The molecule has 1 aromatic rings. The molecule has 0 saturated carbocycles. The van der Waals surface area contributed by atoms with Crippen LogP contribution in [0.1, 0.15) is 5.56 Å². The number of nitrogens with zero attached hydrogens (tertiary/aromatic N) is 1. The SMILES string of the molecule is CN(CCc1ccccc1Br)CC1COCCN1. The Kier molecular flexibility index (Phi) is 5.63. The van der Waals surface area contributed by atoms with Gasteiger partial charge in [-0.05, 0) is 25.1 Å². The van der Waals surface area contributed by atoms with Crippen molar-refractivity contribution in [2.75, 3.05) is 39.9 Å². The Labute approximate surface area is 118 Å². The Morgan fingerprint density at radius 1 is 1.44 bits per heavy atom. The molecule has 1 saturated heterocycles. The molecule has 100 valence electrons. The molecule has 1 aromatic carbocycles. The largest absolute Gasteiger partial charge is 0.378 e. The number of morpholine rings is 1. The molecule has 1 unspecified atom stereocenters. The molecule has 1 atom stereocenters. The quantitative estimate of drug-likeness (QED) is 0.899. The number of nitrogens with one attached hydrogen (secondary N) is 1. The minimum Gasteiger partial charge on any atom is -0.378 e. The highest BCUT2D eigenvalue weighted by Crippen LogP contribution is 2.16. The summed E-state index contributed by atoms with van der Waals surface area (Å²) < 4.78 is 6.67. The second-order valence-electron chi connectivity index (χ2n) is 4.83.